The van der Waals surface area contributed by atoms with E-state index in [-0.39, 0.29) is 23.4 Å². The fourth-order valence-corrected chi connectivity index (χ4v) is 2.97. The molecule has 0 fully saturated rings. The molecule has 0 radical (unpaired) electrons. The Morgan fingerprint density at radius 1 is 0.943 bits per heavy atom. The minimum atomic E-state index is -4.51. The van der Waals surface area contributed by atoms with Gasteiger partial charge in [0.25, 0.3) is 0 Å². The average molecular weight is 483 g/mol. The highest BCUT2D eigenvalue weighted by molar-refractivity contribution is 5.82. The van der Waals surface area contributed by atoms with Crippen molar-refractivity contribution in [3.63, 3.8) is 0 Å². The van der Waals surface area contributed by atoms with Gasteiger partial charge in [-0.2, -0.15) is 33.2 Å². The zero-order valence-corrected chi connectivity index (χ0v) is 18.4. The fourth-order valence-electron chi connectivity index (χ4n) is 2.97. The summed E-state index contributed by atoms with van der Waals surface area (Å²) in [7, 11) is 1.57. The van der Waals surface area contributed by atoms with Gasteiger partial charge < -0.3 is 19.8 Å². The number of alkyl halides is 3. The van der Waals surface area contributed by atoms with Crippen LogP contribution in [0, 0.1) is 0 Å². The molecule has 0 aliphatic carbocycles. The smallest absolute Gasteiger partial charge is 0.417 e. The van der Waals surface area contributed by atoms with Crippen LogP contribution in [0.15, 0.2) is 76.4 Å². The molecule has 0 bridgehead atoms. The normalized spacial score (nSPS) is 11.4. The van der Waals surface area contributed by atoms with E-state index in [0.29, 0.717) is 23.7 Å². The highest BCUT2D eigenvalue weighted by Gasteiger charge is 2.32. The number of rotatable bonds is 9. The van der Waals surface area contributed by atoms with Gasteiger partial charge in [-0.3, -0.25) is 0 Å². The third-order valence-corrected chi connectivity index (χ3v) is 4.62. The van der Waals surface area contributed by atoms with Crippen molar-refractivity contribution < 1.29 is 22.3 Å². The quantitative estimate of drug-likeness (QED) is 0.218. The maximum atomic E-state index is 13.2. The van der Waals surface area contributed by atoms with Crippen LogP contribution < -0.4 is 20.8 Å². The van der Waals surface area contributed by atoms with Crippen LogP contribution in [0.1, 0.15) is 16.9 Å². The zero-order valence-electron chi connectivity index (χ0n) is 18.4. The first kappa shape index (κ1) is 23.5. The highest BCUT2D eigenvalue weighted by atomic mass is 19.4. The SMILES string of the molecule is COc1ccc(Nc2nc(NCc3ccco3)nc(NN=Cc3ccccc3C(F)(F)F)n2)cc1. The van der Waals surface area contributed by atoms with Crippen molar-refractivity contribution >= 4 is 29.7 Å². The number of nitrogens with one attached hydrogen (secondary N) is 3. The molecule has 35 heavy (non-hydrogen) atoms. The number of halogens is 3. The summed E-state index contributed by atoms with van der Waals surface area (Å²) in [5, 5.41) is 9.95. The molecule has 0 amide bonds. The second-order valence-corrected chi connectivity index (χ2v) is 7.05. The molecule has 180 valence electrons. The van der Waals surface area contributed by atoms with E-state index in [1.165, 1.54) is 18.2 Å². The first-order valence-electron chi connectivity index (χ1n) is 10.3. The zero-order chi connectivity index (χ0) is 24.7. The van der Waals surface area contributed by atoms with Crippen molar-refractivity contribution in [2.24, 2.45) is 5.10 Å². The molecule has 2 heterocycles. The van der Waals surface area contributed by atoms with Gasteiger partial charge in [0.15, 0.2) is 0 Å². The Hall–Kier alpha value is -4.61. The van der Waals surface area contributed by atoms with Gasteiger partial charge in [0.1, 0.15) is 11.5 Å². The van der Waals surface area contributed by atoms with E-state index in [1.54, 1.807) is 49.8 Å². The Morgan fingerprint density at radius 2 is 1.69 bits per heavy atom. The third kappa shape index (κ3) is 6.47. The van der Waals surface area contributed by atoms with Crippen molar-refractivity contribution in [1.29, 1.82) is 0 Å². The molecule has 0 aliphatic rings. The second-order valence-electron chi connectivity index (χ2n) is 7.05. The lowest BCUT2D eigenvalue weighted by molar-refractivity contribution is -0.137. The molecule has 0 atom stereocenters. The molecule has 0 spiro atoms. The molecule has 4 rings (SSSR count). The van der Waals surface area contributed by atoms with Crippen molar-refractivity contribution in [2.45, 2.75) is 12.7 Å². The first-order valence-corrected chi connectivity index (χ1v) is 10.3. The molecular formula is C23H20F3N7O2. The minimum absolute atomic E-state index is 0.0127. The Balaban J connectivity index is 1.55. The van der Waals surface area contributed by atoms with E-state index >= 15 is 0 Å². The number of methoxy groups -OCH3 is 1. The van der Waals surface area contributed by atoms with E-state index < -0.39 is 11.7 Å². The number of ether oxygens (including phenoxy) is 1. The van der Waals surface area contributed by atoms with Gasteiger partial charge in [-0.1, -0.05) is 18.2 Å². The van der Waals surface area contributed by atoms with Gasteiger partial charge in [-0.05, 0) is 42.5 Å². The monoisotopic (exact) mass is 483 g/mol. The van der Waals surface area contributed by atoms with E-state index in [0.717, 1.165) is 12.3 Å². The number of anilines is 4. The molecule has 0 aliphatic heterocycles. The van der Waals surface area contributed by atoms with Crippen LogP contribution in [0.5, 0.6) is 5.75 Å². The Bertz CT molecular complexity index is 1280. The van der Waals surface area contributed by atoms with Crippen LogP contribution in [-0.2, 0) is 12.7 Å². The Morgan fingerprint density at radius 3 is 2.40 bits per heavy atom. The lowest BCUT2D eigenvalue weighted by Crippen LogP contribution is -2.10. The Labute approximate surface area is 198 Å². The maximum Gasteiger partial charge on any atom is 0.417 e. The fraction of sp³-hybridized carbons (Fsp3) is 0.130. The molecule has 3 N–H and O–H groups in total. The summed E-state index contributed by atoms with van der Waals surface area (Å²) >= 11 is 0. The molecule has 9 nitrogen and oxygen atoms in total. The van der Waals surface area contributed by atoms with Crippen LogP contribution >= 0.6 is 0 Å². The van der Waals surface area contributed by atoms with Gasteiger partial charge in [0.2, 0.25) is 17.8 Å². The van der Waals surface area contributed by atoms with Gasteiger partial charge in [-0.25, -0.2) is 5.43 Å². The van der Waals surface area contributed by atoms with Gasteiger partial charge in [0.05, 0.1) is 31.7 Å². The second kappa shape index (κ2) is 10.5. The summed E-state index contributed by atoms with van der Waals surface area (Å²) in [6.45, 7) is 0.306. The van der Waals surface area contributed by atoms with Crippen LogP contribution in [0.25, 0.3) is 0 Å². The van der Waals surface area contributed by atoms with Crippen LogP contribution in [0.4, 0.5) is 36.7 Å². The molecule has 0 saturated carbocycles. The number of benzene rings is 2. The van der Waals surface area contributed by atoms with Crippen LogP contribution in [0.2, 0.25) is 0 Å². The van der Waals surface area contributed by atoms with Gasteiger partial charge in [0, 0.05) is 11.3 Å². The standard InChI is InChI=1S/C23H20F3N7O2/c1-34-17-10-8-16(9-11-17)29-21-30-20(27-14-18-6-4-12-35-18)31-22(32-21)33-28-13-15-5-2-3-7-19(15)23(24,25)26/h2-13H,14H2,1H3,(H3,27,29,30,31,32,33). The first-order chi connectivity index (χ1) is 16.9. The number of hydrogen-bond acceptors (Lipinski definition) is 9. The average Bonchev–Trinajstić information content (AvgIpc) is 3.37. The topological polar surface area (TPSA) is 109 Å². The maximum absolute atomic E-state index is 13.2. The number of hydrogen-bond donors (Lipinski definition) is 3. The summed E-state index contributed by atoms with van der Waals surface area (Å²) < 4.78 is 50.1. The molecule has 2 aromatic heterocycles. The molecule has 2 aromatic carbocycles. The number of hydrazone groups is 1. The number of aromatic nitrogens is 3. The van der Waals surface area contributed by atoms with Crippen LogP contribution in [-0.4, -0.2) is 28.3 Å². The van der Waals surface area contributed by atoms with Crippen molar-refractivity contribution in [2.75, 3.05) is 23.2 Å². The number of furan rings is 1. The summed E-state index contributed by atoms with van der Waals surface area (Å²) in [5.41, 5.74) is 2.34. The van der Waals surface area contributed by atoms with E-state index in [1.807, 2.05) is 0 Å². The predicted octanol–water partition coefficient (Wildman–Crippen LogP) is 5.29. The predicted molar refractivity (Wildman–Crippen MR) is 125 cm³/mol. The highest BCUT2D eigenvalue weighted by Crippen LogP contribution is 2.31. The Kier molecular flexibility index (Phi) is 7.10. The molecule has 4 aromatic rings. The van der Waals surface area contributed by atoms with Crippen LogP contribution in [0.3, 0.4) is 0 Å². The van der Waals surface area contributed by atoms with Gasteiger partial charge >= 0.3 is 6.18 Å². The van der Waals surface area contributed by atoms with E-state index in [4.69, 9.17) is 9.15 Å². The van der Waals surface area contributed by atoms with Crippen molar-refractivity contribution in [1.82, 2.24) is 15.0 Å². The summed E-state index contributed by atoms with van der Waals surface area (Å²) in [4.78, 5) is 12.8. The van der Waals surface area contributed by atoms with E-state index in [2.05, 4.69) is 36.1 Å². The minimum Gasteiger partial charge on any atom is -0.497 e. The van der Waals surface area contributed by atoms with E-state index in [9.17, 15) is 13.2 Å². The largest absolute Gasteiger partial charge is 0.497 e. The summed E-state index contributed by atoms with van der Waals surface area (Å²) in [5.74, 6) is 1.73. The lowest BCUT2D eigenvalue weighted by atomic mass is 10.1. The lowest BCUT2D eigenvalue weighted by Gasteiger charge is -2.10. The molecule has 0 unspecified atom stereocenters. The molecular weight excluding hydrogens is 463 g/mol. The summed E-state index contributed by atoms with van der Waals surface area (Å²) in [6, 6.07) is 15.7. The molecule has 0 saturated heterocycles. The molecule has 12 heteroatoms. The third-order valence-electron chi connectivity index (χ3n) is 4.62. The van der Waals surface area contributed by atoms with Crippen molar-refractivity contribution in [3.8, 4) is 5.75 Å². The summed E-state index contributed by atoms with van der Waals surface area (Å²) in [6.07, 6.45) is -1.91. The van der Waals surface area contributed by atoms with Crippen molar-refractivity contribution in [3.05, 3.63) is 83.8 Å². The van der Waals surface area contributed by atoms with Gasteiger partial charge in [-0.15, -0.1) is 0 Å². The number of nitrogens with zero attached hydrogens (tertiary/aromatic N) is 4.